The van der Waals surface area contributed by atoms with Gasteiger partial charge in [0.25, 0.3) is 0 Å². The van der Waals surface area contributed by atoms with Crippen LogP contribution in [0.3, 0.4) is 0 Å². The second-order valence-corrected chi connectivity index (χ2v) is 8.64. The van der Waals surface area contributed by atoms with E-state index < -0.39 is 33.7 Å². The molecular formula is C19H21FN2O5S. The van der Waals surface area contributed by atoms with E-state index in [1.165, 1.54) is 47.2 Å². The van der Waals surface area contributed by atoms with Crippen molar-refractivity contribution in [3.05, 3.63) is 53.6 Å². The van der Waals surface area contributed by atoms with E-state index >= 15 is 0 Å². The number of hydrogen-bond donors (Lipinski definition) is 0. The normalized spacial score (nSPS) is 16.1. The van der Waals surface area contributed by atoms with Gasteiger partial charge in [0.15, 0.2) is 6.10 Å². The molecule has 1 aliphatic heterocycles. The average molecular weight is 408 g/mol. The van der Waals surface area contributed by atoms with Gasteiger partial charge in [0.2, 0.25) is 15.8 Å². The highest BCUT2D eigenvalue weighted by molar-refractivity contribution is 7.89. The molecule has 1 aromatic heterocycles. The summed E-state index contributed by atoms with van der Waals surface area (Å²) in [5.74, 6) is -1.77. The van der Waals surface area contributed by atoms with Gasteiger partial charge < -0.3 is 9.30 Å². The Morgan fingerprint density at radius 3 is 2.36 bits per heavy atom. The lowest BCUT2D eigenvalue weighted by Crippen LogP contribution is -2.27. The van der Waals surface area contributed by atoms with Gasteiger partial charge in [-0.25, -0.2) is 17.6 Å². The molecule has 1 saturated heterocycles. The third-order valence-electron chi connectivity index (χ3n) is 4.67. The number of carbonyl (C=O) groups is 2. The first kappa shape index (κ1) is 20.2. The summed E-state index contributed by atoms with van der Waals surface area (Å²) < 4.78 is 46.2. The van der Waals surface area contributed by atoms with Gasteiger partial charge in [-0.3, -0.25) is 4.79 Å². The van der Waals surface area contributed by atoms with Crippen LogP contribution in [-0.4, -0.2) is 48.2 Å². The van der Waals surface area contributed by atoms with Crippen LogP contribution < -0.4 is 0 Å². The highest BCUT2D eigenvalue weighted by atomic mass is 32.2. The number of hydrogen-bond acceptors (Lipinski definition) is 5. The minimum absolute atomic E-state index is 0.0152. The fraction of sp³-hybridized carbons (Fsp3) is 0.368. The molecule has 1 aliphatic rings. The van der Waals surface area contributed by atoms with Crippen LogP contribution in [-0.2, 0) is 21.8 Å². The Balaban J connectivity index is 1.75. The first-order valence-corrected chi connectivity index (χ1v) is 10.3. The third-order valence-corrected chi connectivity index (χ3v) is 6.54. The van der Waals surface area contributed by atoms with E-state index in [1.54, 1.807) is 0 Å². The quantitative estimate of drug-likeness (QED) is 0.541. The fourth-order valence-electron chi connectivity index (χ4n) is 3.08. The lowest BCUT2D eigenvalue weighted by Gasteiger charge is -2.13. The van der Waals surface area contributed by atoms with Crippen molar-refractivity contribution in [2.45, 2.75) is 30.8 Å². The molecule has 0 N–H and O–H groups in total. The van der Waals surface area contributed by atoms with Gasteiger partial charge in [-0.2, -0.15) is 4.31 Å². The van der Waals surface area contributed by atoms with Crippen LogP contribution in [0.5, 0.6) is 0 Å². The maximum absolute atomic E-state index is 13.0. The van der Waals surface area contributed by atoms with Crippen molar-refractivity contribution >= 4 is 21.8 Å². The second-order valence-electron chi connectivity index (χ2n) is 6.70. The van der Waals surface area contributed by atoms with Crippen LogP contribution in [0.2, 0.25) is 0 Å². The van der Waals surface area contributed by atoms with Gasteiger partial charge in [0.1, 0.15) is 16.4 Å². The first-order valence-electron chi connectivity index (χ1n) is 8.87. The van der Waals surface area contributed by atoms with E-state index in [0.717, 1.165) is 25.0 Å². The number of rotatable bonds is 6. The lowest BCUT2D eigenvalue weighted by molar-refractivity contribution is 0.0309. The summed E-state index contributed by atoms with van der Waals surface area (Å²) in [7, 11) is -2.13. The number of ketones is 1. The highest BCUT2D eigenvalue weighted by Crippen LogP contribution is 2.23. The maximum Gasteiger partial charge on any atom is 0.355 e. The molecule has 0 spiro atoms. The minimum atomic E-state index is -3.66. The number of carbonyl (C=O) groups excluding carboxylic acids is 2. The highest BCUT2D eigenvalue weighted by Gasteiger charge is 2.30. The van der Waals surface area contributed by atoms with Crippen molar-refractivity contribution in [3.63, 3.8) is 0 Å². The van der Waals surface area contributed by atoms with Crippen LogP contribution >= 0.6 is 0 Å². The van der Waals surface area contributed by atoms with Crippen LogP contribution in [0.25, 0.3) is 0 Å². The molecule has 7 nitrogen and oxygen atoms in total. The van der Waals surface area contributed by atoms with Crippen LogP contribution in [0.15, 0.2) is 41.4 Å². The number of aromatic nitrogens is 1. The molecule has 1 aromatic carbocycles. The zero-order chi connectivity index (χ0) is 20.5. The summed E-state index contributed by atoms with van der Waals surface area (Å²) in [5.41, 5.74) is 0.238. The third kappa shape index (κ3) is 4.00. The maximum atomic E-state index is 13.0. The van der Waals surface area contributed by atoms with E-state index in [0.29, 0.717) is 13.1 Å². The Hall–Kier alpha value is -2.52. The topological polar surface area (TPSA) is 85.7 Å². The number of aryl methyl sites for hydroxylation is 1. The van der Waals surface area contributed by atoms with E-state index in [9.17, 15) is 22.4 Å². The smallest absolute Gasteiger partial charge is 0.355 e. The molecule has 0 radical (unpaired) electrons. The summed E-state index contributed by atoms with van der Waals surface area (Å²) in [6, 6.07) is 6.17. The molecule has 0 saturated carbocycles. The Morgan fingerprint density at radius 1 is 1.14 bits per heavy atom. The molecule has 1 fully saturated rings. The van der Waals surface area contributed by atoms with Gasteiger partial charge in [-0.05, 0) is 50.1 Å². The van der Waals surface area contributed by atoms with E-state index in [1.807, 2.05) is 0 Å². The Labute approximate surface area is 162 Å². The fourth-order valence-corrected chi connectivity index (χ4v) is 4.67. The number of esters is 1. The predicted octanol–water partition coefficient (Wildman–Crippen LogP) is 2.38. The van der Waals surface area contributed by atoms with Crippen molar-refractivity contribution in [1.82, 2.24) is 8.87 Å². The molecule has 2 heterocycles. The van der Waals surface area contributed by atoms with Gasteiger partial charge >= 0.3 is 5.97 Å². The molecule has 3 rings (SSSR count). The van der Waals surface area contributed by atoms with E-state index in [4.69, 9.17) is 4.74 Å². The van der Waals surface area contributed by atoms with Gasteiger partial charge in [0.05, 0.1) is 0 Å². The summed E-state index contributed by atoms with van der Waals surface area (Å²) in [4.78, 5) is 24.8. The molecule has 2 aromatic rings. The number of halogens is 1. The molecule has 0 aliphatic carbocycles. The van der Waals surface area contributed by atoms with E-state index in [-0.39, 0.29) is 16.2 Å². The monoisotopic (exact) mass is 408 g/mol. The summed E-state index contributed by atoms with van der Waals surface area (Å²) >= 11 is 0. The number of benzene rings is 1. The van der Waals surface area contributed by atoms with Gasteiger partial charge in [-0.15, -0.1) is 0 Å². The van der Waals surface area contributed by atoms with Crippen molar-refractivity contribution in [2.75, 3.05) is 13.1 Å². The molecular weight excluding hydrogens is 387 g/mol. The standard InChI is InChI=1S/C19H21FN2O5S/c1-13(18(23)14-5-7-15(20)8-6-14)27-19(24)17-11-16(12-21(17)2)28(25,26)22-9-3-4-10-22/h5-8,11-13H,3-4,9-10H2,1-2H3. The molecule has 1 atom stereocenters. The average Bonchev–Trinajstić information content (AvgIpc) is 3.32. The van der Waals surface area contributed by atoms with Crippen molar-refractivity contribution in [1.29, 1.82) is 0 Å². The molecule has 0 amide bonds. The SMILES string of the molecule is CC(OC(=O)c1cc(S(=O)(=O)N2CCCC2)cn1C)C(=O)c1ccc(F)cc1. The number of nitrogens with zero attached hydrogens (tertiary/aromatic N) is 2. The number of ether oxygens (including phenoxy) is 1. The van der Waals surface area contributed by atoms with Crippen LogP contribution in [0.1, 0.15) is 40.6 Å². The summed E-state index contributed by atoms with van der Waals surface area (Å²) in [6.07, 6.45) is 1.87. The number of sulfonamides is 1. The Bertz CT molecular complexity index is 992. The molecule has 28 heavy (non-hydrogen) atoms. The van der Waals surface area contributed by atoms with Crippen LogP contribution in [0, 0.1) is 5.82 Å². The number of Topliss-reactive ketones (excluding diaryl/α,β-unsaturated/α-hetero) is 1. The molecule has 9 heteroatoms. The molecule has 1 unspecified atom stereocenters. The van der Waals surface area contributed by atoms with Crippen molar-refractivity contribution in [3.8, 4) is 0 Å². The molecule has 0 bridgehead atoms. The summed E-state index contributed by atoms with van der Waals surface area (Å²) in [6.45, 7) is 2.33. The van der Waals surface area contributed by atoms with Gasteiger partial charge in [-0.1, -0.05) is 0 Å². The Kier molecular flexibility index (Phi) is 5.66. The zero-order valence-corrected chi connectivity index (χ0v) is 16.4. The lowest BCUT2D eigenvalue weighted by atomic mass is 10.1. The summed E-state index contributed by atoms with van der Waals surface area (Å²) in [5, 5.41) is 0. The van der Waals surface area contributed by atoms with E-state index in [2.05, 4.69) is 0 Å². The zero-order valence-electron chi connectivity index (χ0n) is 15.6. The Morgan fingerprint density at radius 2 is 1.75 bits per heavy atom. The van der Waals surface area contributed by atoms with Crippen LogP contribution in [0.4, 0.5) is 4.39 Å². The molecule has 150 valence electrons. The first-order chi connectivity index (χ1) is 13.2. The van der Waals surface area contributed by atoms with Crippen molar-refractivity contribution in [2.24, 2.45) is 7.05 Å². The predicted molar refractivity (Wildman–Crippen MR) is 99.0 cm³/mol. The second kappa shape index (κ2) is 7.84. The largest absolute Gasteiger partial charge is 0.450 e. The van der Waals surface area contributed by atoms with Gasteiger partial charge in [0, 0.05) is 31.9 Å². The minimum Gasteiger partial charge on any atom is -0.450 e. The van der Waals surface area contributed by atoms with Crippen molar-refractivity contribution < 1.29 is 27.1 Å².